The molecule has 1 aliphatic carbocycles. The standard InChI is InChI=1S/C18H16N2OS2/c1-11-15(13-5-3-2-4-6-13)23-18(19-11)20-17(21)16-14(9-10-22-16)12-7-8-12/h2-6,9-10,12H,7-8H2,1H3,(H,19,20,21). The van der Waals surface area contributed by atoms with Crippen molar-refractivity contribution in [1.29, 1.82) is 0 Å². The van der Waals surface area contributed by atoms with Gasteiger partial charge in [0.15, 0.2) is 5.13 Å². The smallest absolute Gasteiger partial charge is 0.267 e. The topological polar surface area (TPSA) is 42.0 Å². The molecule has 0 radical (unpaired) electrons. The van der Waals surface area contributed by atoms with Crippen molar-refractivity contribution < 1.29 is 4.79 Å². The Kier molecular flexibility index (Phi) is 3.75. The molecule has 3 aromatic rings. The first-order valence-electron chi connectivity index (χ1n) is 7.64. The first-order valence-corrected chi connectivity index (χ1v) is 9.33. The highest BCUT2D eigenvalue weighted by Gasteiger charge is 2.29. The fraction of sp³-hybridized carbons (Fsp3) is 0.222. The maximum atomic E-state index is 12.6. The summed E-state index contributed by atoms with van der Waals surface area (Å²) >= 11 is 3.05. The van der Waals surface area contributed by atoms with Gasteiger partial charge in [0.1, 0.15) is 0 Å². The number of carbonyl (C=O) groups is 1. The Morgan fingerprint density at radius 3 is 2.74 bits per heavy atom. The molecule has 1 aliphatic rings. The molecule has 0 atom stereocenters. The Hall–Kier alpha value is -1.98. The van der Waals surface area contributed by atoms with E-state index in [1.54, 1.807) is 0 Å². The van der Waals surface area contributed by atoms with Crippen molar-refractivity contribution in [2.75, 3.05) is 5.32 Å². The SMILES string of the molecule is Cc1nc(NC(=O)c2sccc2C2CC2)sc1-c1ccccc1. The third kappa shape index (κ3) is 2.94. The lowest BCUT2D eigenvalue weighted by Gasteiger charge is -2.02. The number of aryl methyl sites for hydroxylation is 1. The van der Waals surface area contributed by atoms with Crippen molar-refractivity contribution in [2.45, 2.75) is 25.7 Å². The van der Waals surface area contributed by atoms with Gasteiger partial charge in [0.05, 0.1) is 15.4 Å². The van der Waals surface area contributed by atoms with Crippen LogP contribution in [0.2, 0.25) is 0 Å². The van der Waals surface area contributed by atoms with Crippen molar-refractivity contribution in [3.05, 3.63) is 57.9 Å². The minimum absolute atomic E-state index is 0.0322. The van der Waals surface area contributed by atoms with Crippen LogP contribution in [0.15, 0.2) is 41.8 Å². The number of amides is 1. The molecule has 1 N–H and O–H groups in total. The lowest BCUT2D eigenvalue weighted by molar-refractivity contribution is 0.102. The van der Waals surface area contributed by atoms with E-state index in [9.17, 15) is 4.79 Å². The number of carbonyl (C=O) groups excluding carboxylic acids is 1. The summed E-state index contributed by atoms with van der Waals surface area (Å²) in [4.78, 5) is 19.0. The number of benzene rings is 1. The minimum Gasteiger partial charge on any atom is -0.297 e. The largest absolute Gasteiger partial charge is 0.297 e. The third-order valence-electron chi connectivity index (χ3n) is 3.97. The normalized spacial score (nSPS) is 14.0. The number of hydrogen-bond donors (Lipinski definition) is 1. The molecule has 0 unspecified atom stereocenters. The second kappa shape index (κ2) is 5.91. The van der Waals surface area contributed by atoms with Crippen LogP contribution in [0.1, 0.15) is 39.7 Å². The molecule has 1 amide bonds. The molecule has 2 aromatic heterocycles. The Labute approximate surface area is 143 Å². The monoisotopic (exact) mass is 340 g/mol. The van der Waals surface area contributed by atoms with E-state index in [0.717, 1.165) is 21.0 Å². The predicted molar refractivity (Wildman–Crippen MR) is 96.5 cm³/mol. The van der Waals surface area contributed by atoms with Crippen LogP contribution in [0.25, 0.3) is 10.4 Å². The summed E-state index contributed by atoms with van der Waals surface area (Å²) in [6, 6.07) is 12.2. The second-order valence-electron chi connectivity index (χ2n) is 5.73. The van der Waals surface area contributed by atoms with Gasteiger partial charge in [-0.3, -0.25) is 10.1 Å². The molecule has 1 aromatic carbocycles. The molecule has 0 aliphatic heterocycles. The van der Waals surface area contributed by atoms with E-state index in [2.05, 4.69) is 28.5 Å². The summed E-state index contributed by atoms with van der Waals surface area (Å²) in [5.41, 5.74) is 3.28. The van der Waals surface area contributed by atoms with E-state index < -0.39 is 0 Å². The summed E-state index contributed by atoms with van der Waals surface area (Å²) < 4.78 is 0. The van der Waals surface area contributed by atoms with E-state index >= 15 is 0 Å². The van der Waals surface area contributed by atoms with Crippen LogP contribution in [0.4, 0.5) is 5.13 Å². The van der Waals surface area contributed by atoms with Crippen molar-refractivity contribution in [3.8, 4) is 10.4 Å². The molecule has 0 saturated heterocycles. The first kappa shape index (κ1) is 14.6. The van der Waals surface area contributed by atoms with Crippen LogP contribution in [0.5, 0.6) is 0 Å². The van der Waals surface area contributed by atoms with Gasteiger partial charge in [-0.15, -0.1) is 11.3 Å². The summed E-state index contributed by atoms with van der Waals surface area (Å²) in [7, 11) is 0. The van der Waals surface area contributed by atoms with Gasteiger partial charge in [0, 0.05) is 0 Å². The maximum Gasteiger partial charge on any atom is 0.267 e. The fourth-order valence-electron chi connectivity index (χ4n) is 2.68. The number of nitrogens with one attached hydrogen (secondary N) is 1. The summed E-state index contributed by atoms with van der Waals surface area (Å²) in [6.45, 7) is 1.98. The lowest BCUT2D eigenvalue weighted by Crippen LogP contribution is -2.11. The van der Waals surface area contributed by atoms with Gasteiger partial charge in [-0.25, -0.2) is 4.98 Å². The Morgan fingerprint density at radius 2 is 2.00 bits per heavy atom. The molecule has 4 rings (SSSR count). The molecule has 23 heavy (non-hydrogen) atoms. The molecule has 1 fully saturated rings. The molecule has 5 heteroatoms. The van der Waals surface area contributed by atoms with Gasteiger partial charge < -0.3 is 0 Å². The van der Waals surface area contributed by atoms with Gasteiger partial charge in [-0.1, -0.05) is 41.7 Å². The van der Waals surface area contributed by atoms with Crippen molar-refractivity contribution in [1.82, 2.24) is 4.98 Å². The maximum absolute atomic E-state index is 12.6. The van der Waals surface area contributed by atoms with Gasteiger partial charge in [0.25, 0.3) is 5.91 Å². The zero-order valence-corrected chi connectivity index (χ0v) is 14.3. The van der Waals surface area contributed by atoms with Crippen LogP contribution in [0, 0.1) is 6.92 Å². The molecular formula is C18H16N2OS2. The van der Waals surface area contributed by atoms with Crippen molar-refractivity contribution in [3.63, 3.8) is 0 Å². The van der Waals surface area contributed by atoms with E-state index in [4.69, 9.17) is 0 Å². The Balaban J connectivity index is 1.57. The van der Waals surface area contributed by atoms with E-state index in [0.29, 0.717) is 11.0 Å². The van der Waals surface area contributed by atoms with Crippen LogP contribution in [0.3, 0.4) is 0 Å². The third-order valence-corrected chi connectivity index (χ3v) is 6.02. The number of aromatic nitrogens is 1. The second-order valence-corrected chi connectivity index (χ2v) is 7.65. The van der Waals surface area contributed by atoms with Gasteiger partial charge in [-0.05, 0) is 48.3 Å². The highest BCUT2D eigenvalue weighted by Crippen LogP contribution is 2.43. The zero-order valence-electron chi connectivity index (χ0n) is 12.7. The quantitative estimate of drug-likeness (QED) is 0.699. The molecule has 0 bridgehead atoms. The molecule has 1 saturated carbocycles. The van der Waals surface area contributed by atoms with Gasteiger partial charge in [-0.2, -0.15) is 0 Å². The van der Waals surface area contributed by atoms with Crippen LogP contribution in [-0.2, 0) is 0 Å². The molecule has 2 heterocycles. The van der Waals surface area contributed by atoms with E-state index in [-0.39, 0.29) is 5.91 Å². The van der Waals surface area contributed by atoms with Crippen LogP contribution < -0.4 is 5.32 Å². The molecule has 0 spiro atoms. The van der Waals surface area contributed by atoms with Gasteiger partial charge in [0.2, 0.25) is 0 Å². The van der Waals surface area contributed by atoms with E-state index in [1.165, 1.54) is 41.1 Å². The highest BCUT2D eigenvalue weighted by atomic mass is 32.1. The van der Waals surface area contributed by atoms with Crippen LogP contribution in [-0.4, -0.2) is 10.9 Å². The Morgan fingerprint density at radius 1 is 1.22 bits per heavy atom. The predicted octanol–water partition coefficient (Wildman–Crippen LogP) is 5.31. The summed E-state index contributed by atoms with van der Waals surface area (Å²) in [5.74, 6) is 0.551. The lowest BCUT2D eigenvalue weighted by atomic mass is 10.1. The molecular weight excluding hydrogens is 324 g/mol. The minimum atomic E-state index is -0.0322. The number of thiophene rings is 1. The number of thiazole rings is 1. The van der Waals surface area contributed by atoms with Gasteiger partial charge >= 0.3 is 0 Å². The van der Waals surface area contributed by atoms with E-state index in [1.807, 2.05) is 30.5 Å². The van der Waals surface area contributed by atoms with Crippen molar-refractivity contribution in [2.24, 2.45) is 0 Å². The first-order chi connectivity index (χ1) is 11.2. The average molecular weight is 340 g/mol. The van der Waals surface area contributed by atoms with Crippen molar-refractivity contribution >= 4 is 33.7 Å². The Bertz CT molecular complexity index is 847. The fourth-order valence-corrected chi connectivity index (χ4v) is 4.53. The van der Waals surface area contributed by atoms with Crippen LogP contribution >= 0.6 is 22.7 Å². The number of nitrogens with zero attached hydrogens (tertiary/aromatic N) is 1. The molecule has 116 valence electrons. The summed E-state index contributed by atoms with van der Waals surface area (Å²) in [6.07, 6.45) is 2.40. The number of rotatable bonds is 4. The molecule has 3 nitrogen and oxygen atoms in total. The number of hydrogen-bond acceptors (Lipinski definition) is 4. The summed E-state index contributed by atoms with van der Waals surface area (Å²) in [5, 5.41) is 5.65. The highest BCUT2D eigenvalue weighted by molar-refractivity contribution is 7.19. The average Bonchev–Trinajstić information content (AvgIpc) is 3.17. The number of anilines is 1. The zero-order chi connectivity index (χ0) is 15.8.